The van der Waals surface area contributed by atoms with E-state index in [9.17, 15) is 0 Å². The number of nitrogens with zero attached hydrogens (tertiary/aromatic N) is 5. The van der Waals surface area contributed by atoms with Crippen LogP contribution >= 0.6 is 35.6 Å². The second-order valence-electron chi connectivity index (χ2n) is 10.3. The second kappa shape index (κ2) is 12.1. The van der Waals surface area contributed by atoms with Crippen LogP contribution in [0.25, 0.3) is 0 Å². The highest BCUT2D eigenvalue weighted by Crippen LogP contribution is 2.41. The van der Waals surface area contributed by atoms with Gasteiger partial charge in [0.1, 0.15) is 10.8 Å². The van der Waals surface area contributed by atoms with E-state index in [2.05, 4.69) is 61.9 Å². The van der Waals surface area contributed by atoms with Crippen molar-refractivity contribution in [3.8, 4) is 0 Å². The Hall–Kier alpha value is -3.27. The van der Waals surface area contributed by atoms with Crippen LogP contribution < -0.4 is 15.5 Å². The number of hydrogen-bond acceptors (Lipinski definition) is 7. The molecule has 2 aliphatic rings. The van der Waals surface area contributed by atoms with Crippen molar-refractivity contribution in [2.75, 3.05) is 23.3 Å². The van der Waals surface area contributed by atoms with Gasteiger partial charge < -0.3 is 15.5 Å². The minimum absolute atomic E-state index is 0.0336. The lowest BCUT2D eigenvalue weighted by atomic mass is 9.79. The van der Waals surface area contributed by atoms with Crippen LogP contribution in [0.2, 0.25) is 5.02 Å². The summed E-state index contributed by atoms with van der Waals surface area (Å²) in [5, 5.41) is 9.39. The minimum atomic E-state index is 0.0336. The Labute approximate surface area is 249 Å². The molecule has 40 heavy (non-hydrogen) atoms. The summed E-state index contributed by atoms with van der Waals surface area (Å²) in [6.45, 7) is 2.42. The Bertz CT molecular complexity index is 1480. The van der Waals surface area contributed by atoms with E-state index in [0.717, 1.165) is 54.8 Å². The van der Waals surface area contributed by atoms with Crippen molar-refractivity contribution in [1.82, 2.24) is 25.3 Å². The molecule has 2 aromatic heterocycles. The molecule has 204 valence electrons. The second-order valence-corrected chi connectivity index (χ2v) is 12.1. The number of anilines is 2. The van der Waals surface area contributed by atoms with E-state index in [1.807, 2.05) is 18.2 Å². The Balaban J connectivity index is 1.21. The zero-order valence-electron chi connectivity index (χ0n) is 22.0. The Kier molecular flexibility index (Phi) is 8.13. The maximum atomic E-state index is 6.17. The lowest BCUT2D eigenvalue weighted by molar-refractivity contribution is 0.435. The predicted octanol–water partition coefficient (Wildman–Crippen LogP) is 6.43. The van der Waals surface area contributed by atoms with Gasteiger partial charge in [0.15, 0.2) is 10.3 Å². The predicted molar refractivity (Wildman–Crippen MR) is 165 cm³/mol. The summed E-state index contributed by atoms with van der Waals surface area (Å²) >= 11 is 13.3. The summed E-state index contributed by atoms with van der Waals surface area (Å²) < 4.78 is 0. The van der Waals surface area contributed by atoms with Gasteiger partial charge in [0.25, 0.3) is 0 Å². The molecule has 0 radical (unpaired) electrons. The summed E-state index contributed by atoms with van der Waals surface area (Å²) in [5.74, 6) is 1.31. The van der Waals surface area contributed by atoms with Gasteiger partial charge in [-0.2, -0.15) is 4.98 Å². The van der Waals surface area contributed by atoms with E-state index in [1.54, 1.807) is 18.5 Å². The van der Waals surface area contributed by atoms with Crippen molar-refractivity contribution < 1.29 is 0 Å². The molecule has 3 heterocycles. The van der Waals surface area contributed by atoms with Crippen LogP contribution in [0.15, 0.2) is 83.2 Å². The quantitative estimate of drug-likeness (QED) is 0.144. The molecular weight excluding hydrogens is 558 g/mol. The van der Waals surface area contributed by atoms with Crippen LogP contribution in [-0.4, -0.2) is 38.1 Å². The molecule has 1 aliphatic carbocycles. The number of fused-ring (bicyclic) bond motifs is 1. The molecule has 10 heteroatoms. The standard InChI is InChI=1S/C30H30ClN7S2/c31-24-10-8-23(9-11-24)30(13-3-4-14-30)20-34-28(39)37-27-35-25(18-26(36-27)40-29-32-15-5-16-33-29)38-17-12-21-6-1-2-7-22(21)19-38/h1-2,5-11,15-16,18H,3-4,12-14,17,19-20H2,(H2,34,35,36,37,39). The summed E-state index contributed by atoms with van der Waals surface area (Å²) in [5.41, 5.74) is 4.05. The van der Waals surface area contributed by atoms with Crippen molar-refractivity contribution in [2.24, 2.45) is 0 Å². The van der Waals surface area contributed by atoms with E-state index in [0.29, 0.717) is 16.2 Å². The van der Waals surface area contributed by atoms with E-state index in [1.165, 1.54) is 41.3 Å². The lowest BCUT2D eigenvalue weighted by Gasteiger charge is -2.31. The number of halogens is 1. The number of aromatic nitrogens is 4. The first-order valence-electron chi connectivity index (χ1n) is 13.5. The summed E-state index contributed by atoms with van der Waals surface area (Å²) in [4.78, 5) is 20.7. The fourth-order valence-corrected chi connectivity index (χ4v) is 6.62. The molecule has 0 saturated heterocycles. The minimum Gasteiger partial charge on any atom is -0.361 e. The van der Waals surface area contributed by atoms with E-state index >= 15 is 0 Å². The largest absolute Gasteiger partial charge is 0.361 e. The molecule has 7 nitrogen and oxygen atoms in total. The molecule has 0 unspecified atom stereocenters. The van der Waals surface area contributed by atoms with Gasteiger partial charge in [-0.1, -0.05) is 60.8 Å². The van der Waals surface area contributed by atoms with Gasteiger partial charge in [0.05, 0.1) is 0 Å². The Morgan fingerprint density at radius 3 is 2.50 bits per heavy atom. The molecule has 0 amide bonds. The van der Waals surface area contributed by atoms with Crippen LogP contribution in [0.4, 0.5) is 11.8 Å². The maximum Gasteiger partial charge on any atom is 0.232 e. The number of thiocarbonyl (C=S) groups is 1. The highest BCUT2D eigenvalue weighted by Gasteiger charge is 2.35. The third-order valence-corrected chi connectivity index (χ3v) is 9.02. The average molecular weight is 588 g/mol. The first-order chi connectivity index (χ1) is 19.6. The van der Waals surface area contributed by atoms with Gasteiger partial charge in [-0.3, -0.25) is 0 Å². The molecule has 6 rings (SSSR count). The molecule has 1 aliphatic heterocycles. The van der Waals surface area contributed by atoms with Gasteiger partial charge in [-0.05, 0) is 78.1 Å². The number of benzene rings is 2. The zero-order chi connectivity index (χ0) is 27.4. The third kappa shape index (κ3) is 6.22. The monoisotopic (exact) mass is 587 g/mol. The van der Waals surface area contributed by atoms with Crippen molar-refractivity contribution in [3.05, 3.63) is 94.8 Å². The Morgan fingerprint density at radius 1 is 0.975 bits per heavy atom. The van der Waals surface area contributed by atoms with Crippen LogP contribution in [0, 0.1) is 0 Å². The topological polar surface area (TPSA) is 78.9 Å². The highest BCUT2D eigenvalue weighted by molar-refractivity contribution is 7.99. The summed E-state index contributed by atoms with van der Waals surface area (Å²) in [6.07, 6.45) is 9.08. The van der Waals surface area contributed by atoms with Gasteiger partial charge in [0, 0.05) is 48.5 Å². The first kappa shape index (κ1) is 26.9. The van der Waals surface area contributed by atoms with Crippen molar-refractivity contribution in [3.63, 3.8) is 0 Å². The summed E-state index contributed by atoms with van der Waals surface area (Å²) in [6, 6.07) is 20.6. The zero-order valence-corrected chi connectivity index (χ0v) is 24.4. The van der Waals surface area contributed by atoms with Crippen molar-refractivity contribution in [1.29, 1.82) is 0 Å². The number of nitrogens with one attached hydrogen (secondary N) is 2. The fraction of sp³-hybridized carbons (Fsp3) is 0.300. The molecule has 4 aromatic rings. The normalized spacial score (nSPS) is 15.9. The Morgan fingerprint density at radius 2 is 1.73 bits per heavy atom. The van der Waals surface area contributed by atoms with Crippen LogP contribution in [-0.2, 0) is 18.4 Å². The fourth-order valence-electron chi connectivity index (χ4n) is 5.62. The lowest BCUT2D eigenvalue weighted by Crippen LogP contribution is -2.41. The first-order valence-corrected chi connectivity index (χ1v) is 15.1. The number of rotatable bonds is 7. The van der Waals surface area contributed by atoms with E-state index < -0.39 is 0 Å². The van der Waals surface area contributed by atoms with E-state index in [4.69, 9.17) is 33.8 Å². The molecular formula is C30H30ClN7S2. The molecule has 2 N–H and O–H groups in total. The SMILES string of the molecule is S=C(NCC1(c2ccc(Cl)cc2)CCCC1)Nc1nc(Sc2ncccn2)cc(N2CCc3ccccc3C2)n1. The highest BCUT2D eigenvalue weighted by atomic mass is 35.5. The molecule has 0 spiro atoms. The van der Waals surface area contributed by atoms with Crippen molar-refractivity contribution in [2.45, 2.75) is 54.2 Å². The molecule has 1 fully saturated rings. The van der Waals surface area contributed by atoms with Gasteiger partial charge >= 0.3 is 0 Å². The number of hydrogen-bond donors (Lipinski definition) is 2. The van der Waals surface area contributed by atoms with Crippen LogP contribution in [0.5, 0.6) is 0 Å². The summed E-state index contributed by atoms with van der Waals surface area (Å²) in [7, 11) is 0. The van der Waals surface area contributed by atoms with Gasteiger partial charge in [-0.15, -0.1) is 0 Å². The van der Waals surface area contributed by atoms with E-state index in [-0.39, 0.29) is 5.41 Å². The smallest absolute Gasteiger partial charge is 0.232 e. The average Bonchev–Trinajstić information content (AvgIpc) is 3.47. The van der Waals surface area contributed by atoms with Gasteiger partial charge in [-0.25, -0.2) is 15.0 Å². The van der Waals surface area contributed by atoms with Crippen molar-refractivity contribution >= 4 is 52.5 Å². The third-order valence-electron chi connectivity index (χ3n) is 7.71. The molecule has 0 bridgehead atoms. The van der Waals surface area contributed by atoms with Crippen LogP contribution in [0.1, 0.15) is 42.4 Å². The molecule has 1 saturated carbocycles. The maximum absolute atomic E-state index is 6.17. The van der Waals surface area contributed by atoms with Crippen LogP contribution in [0.3, 0.4) is 0 Å². The van der Waals surface area contributed by atoms with Gasteiger partial charge in [0.2, 0.25) is 5.95 Å². The molecule has 2 aromatic carbocycles. The molecule has 0 atom stereocenters.